The van der Waals surface area contributed by atoms with Crippen LogP contribution in [0.25, 0.3) is 0 Å². The second-order valence-electron chi connectivity index (χ2n) is 23.8. The van der Waals surface area contributed by atoms with Gasteiger partial charge >= 0.3 is 18.0 Å². The van der Waals surface area contributed by atoms with Crippen LogP contribution in [0, 0.1) is 11.8 Å². The van der Waals surface area contributed by atoms with Gasteiger partial charge in [-0.3, -0.25) is 38.4 Å². The van der Waals surface area contributed by atoms with E-state index in [1.165, 1.54) is 0 Å². The molecule has 0 saturated carbocycles. The molecule has 3 atom stereocenters. The number of nitrogens with one attached hydrogen (secondary N) is 3. The molecule has 0 aromatic carbocycles. The minimum Gasteiger partial charge on any atom is -0.353 e. The number of thioether (sulfide) groups is 1. The lowest BCUT2D eigenvalue weighted by Gasteiger charge is -2.36. The van der Waals surface area contributed by atoms with Crippen LogP contribution in [0.5, 0.6) is 0 Å². The fourth-order valence-electron chi connectivity index (χ4n) is 12.4. The molecule has 0 spiro atoms. The Morgan fingerprint density at radius 3 is 1.32 bits per heavy atom. The average Bonchev–Trinajstić information content (AvgIpc) is 3.03. The molecule has 3 N–H and O–H groups in total. The number of hydrogen-bond acceptors (Lipinski definition) is 20. The predicted octanol–water partition coefficient (Wildman–Crippen LogP) is 6.06. The summed E-state index contributed by atoms with van der Waals surface area (Å²) in [4.78, 5) is 167. The lowest BCUT2D eigenvalue weighted by Crippen LogP contribution is -2.45. The molecule has 7 fully saturated rings. The van der Waals surface area contributed by atoms with Gasteiger partial charge < -0.3 is 40.3 Å². The first-order chi connectivity index (χ1) is 40.7. The van der Waals surface area contributed by atoms with Crippen molar-refractivity contribution in [2.75, 3.05) is 59.7 Å². The largest absolute Gasteiger partial charge is 0.353 e. The highest BCUT2D eigenvalue weighted by molar-refractivity contribution is 8.00. The van der Waals surface area contributed by atoms with Gasteiger partial charge in [-0.2, -0.15) is 26.7 Å². The SMILES string of the molecule is O=C(CCCCCCC(=O)NC1CCN(c2nc(N3CCC(C(=O)CCCCCCC(=O)ON4C(=O)CCC4=O)CC3)nc(N3CCC(C(=O)CCCCCCC(=O)ON4C(=O)CCC4=O)CC3)n2)CC1)CCCCC1SCC2NC(=O)NC21. The van der Waals surface area contributed by atoms with Crippen LogP contribution in [-0.4, -0.2) is 158 Å². The highest BCUT2D eigenvalue weighted by atomic mass is 32.2. The summed E-state index contributed by atoms with van der Waals surface area (Å²) >= 11 is 1.90. The summed E-state index contributed by atoms with van der Waals surface area (Å²) in [5.41, 5.74) is 0. The molecule has 84 heavy (non-hydrogen) atoms. The first-order valence-electron chi connectivity index (χ1n) is 31.4. The van der Waals surface area contributed by atoms with Crippen LogP contribution in [0.1, 0.15) is 205 Å². The Balaban J connectivity index is 0.744. The van der Waals surface area contributed by atoms with Gasteiger partial charge in [0.2, 0.25) is 23.8 Å². The second kappa shape index (κ2) is 32.3. The lowest BCUT2D eigenvalue weighted by atomic mass is 9.90. The van der Waals surface area contributed by atoms with E-state index in [-0.39, 0.29) is 92.0 Å². The average molecular weight is 1190 g/mol. The molecule has 7 saturated heterocycles. The van der Waals surface area contributed by atoms with Crippen LogP contribution in [-0.2, 0) is 57.6 Å². The molecule has 462 valence electrons. The molecule has 7 amide bonds. The molecule has 0 radical (unpaired) electrons. The zero-order valence-electron chi connectivity index (χ0n) is 48.8. The standard InChI is InChI=1S/C59H87N11O13S/c71-43(16-13-14-19-47-55-44(39-84-47)61-59(81)62-55)15-7-1-4-10-20-48(74)60-42-31-37-68(38-32-42)58-64-56(66-33-27-40(28-34-66)45(72)17-8-2-5-11-21-53(79)82-69-49(75)23-24-50(69)76)63-57(65-58)67-35-29-41(30-36-67)46(73)18-9-3-6-12-22-54(80)83-70-51(77)25-26-52(70)78/h40-42,44,47,55H,1-39H2,(H,60,74)(H2,61,62,81). The molecule has 0 bridgehead atoms. The number of amides is 7. The van der Waals surface area contributed by atoms with Crippen molar-refractivity contribution in [3.8, 4) is 0 Å². The van der Waals surface area contributed by atoms with Crippen molar-refractivity contribution in [2.45, 2.75) is 229 Å². The summed E-state index contributed by atoms with van der Waals surface area (Å²) in [6, 6.07) is 0.372. The van der Waals surface area contributed by atoms with Gasteiger partial charge in [0.25, 0.3) is 23.6 Å². The minimum atomic E-state index is -0.615. The van der Waals surface area contributed by atoms with E-state index in [0.717, 1.165) is 76.4 Å². The van der Waals surface area contributed by atoms with Gasteiger partial charge in [0, 0.05) is 139 Å². The van der Waals surface area contributed by atoms with Gasteiger partial charge in [-0.15, -0.1) is 10.1 Å². The number of unbranched alkanes of at least 4 members (excludes halogenated alkanes) is 10. The maximum atomic E-state index is 13.4. The molecule has 1 aromatic rings. The zero-order chi connectivity index (χ0) is 59.4. The molecule has 1 aromatic heterocycles. The van der Waals surface area contributed by atoms with Crippen molar-refractivity contribution in [1.82, 2.24) is 41.0 Å². The fraction of sp³-hybridized carbons (Fsp3) is 0.763. The molecular weight excluding hydrogens is 1100 g/mol. The van der Waals surface area contributed by atoms with Crippen molar-refractivity contribution in [3.63, 3.8) is 0 Å². The Bertz CT molecular complexity index is 2370. The van der Waals surface area contributed by atoms with Crippen molar-refractivity contribution < 1.29 is 62.4 Å². The second-order valence-corrected chi connectivity index (χ2v) is 25.0. The number of rotatable bonds is 34. The highest BCUT2D eigenvalue weighted by Gasteiger charge is 2.43. The van der Waals surface area contributed by atoms with E-state index in [9.17, 15) is 52.7 Å². The van der Waals surface area contributed by atoms with E-state index in [4.69, 9.17) is 24.6 Å². The summed E-state index contributed by atoms with van der Waals surface area (Å²) in [6.45, 7) is 3.67. The number of hydroxylamine groups is 4. The van der Waals surface area contributed by atoms with Crippen LogP contribution >= 0.6 is 11.8 Å². The van der Waals surface area contributed by atoms with E-state index < -0.39 is 35.6 Å². The van der Waals surface area contributed by atoms with Gasteiger partial charge in [-0.05, 0) is 89.9 Å². The van der Waals surface area contributed by atoms with Crippen LogP contribution in [0.3, 0.4) is 0 Å². The number of urea groups is 1. The summed E-state index contributed by atoms with van der Waals surface area (Å²) in [5.74, 6) is -0.0301. The number of anilines is 3. The maximum absolute atomic E-state index is 13.4. The Morgan fingerprint density at radius 1 is 0.476 bits per heavy atom. The molecular formula is C59H87N11O13S. The highest BCUT2D eigenvalue weighted by Crippen LogP contribution is 2.34. The Labute approximate surface area is 496 Å². The smallest absolute Gasteiger partial charge is 0.333 e. The van der Waals surface area contributed by atoms with E-state index in [1.54, 1.807) is 0 Å². The van der Waals surface area contributed by atoms with Gasteiger partial charge in [-0.1, -0.05) is 44.9 Å². The Morgan fingerprint density at radius 2 is 0.869 bits per heavy atom. The quantitative estimate of drug-likeness (QED) is 0.0401. The molecule has 7 aliphatic rings. The molecule has 25 heteroatoms. The number of nitrogens with zero attached hydrogens (tertiary/aromatic N) is 8. The Kier molecular flexibility index (Phi) is 24.5. The third kappa shape index (κ3) is 19.1. The molecule has 3 unspecified atom stereocenters. The summed E-state index contributed by atoms with van der Waals surface area (Å²) in [6.07, 6.45) is 18.7. The number of aromatic nitrogens is 3. The third-order valence-electron chi connectivity index (χ3n) is 17.5. The molecule has 0 aliphatic carbocycles. The van der Waals surface area contributed by atoms with Crippen LogP contribution in [0.2, 0.25) is 0 Å². The lowest BCUT2D eigenvalue weighted by molar-refractivity contribution is -0.197. The zero-order valence-corrected chi connectivity index (χ0v) is 49.7. The molecule has 7 aliphatic heterocycles. The summed E-state index contributed by atoms with van der Waals surface area (Å²) in [5, 5.41) is 10.8. The van der Waals surface area contributed by atoms with Gasteiger partial charge in [0.05, 0.1) is 12.1 Å². The molecule has 8 heterocycles. The van der Waals surface area contributed by atoms with E-state index >= 15 is 0 Å². The normalized spacial score (nSPS) is 21.5. The van der Waals surface area contributed by atoms with Crippen molar-refractivity contribution in [2.24, 2.45) is 11.8 Å². The van der Waals surface area contributed by atoms with Crippen LogP contribution < -0.4 is 30.7 Å². The number of carbonyl (C=O) groups excluding carboxylic acids is 11. The minimum absolute atomic E-state index is 0.0247. The van der Waals surface area contributed by atoms with Gasteiger partial charge in [0.1, 0.15) is 17.3 Å². The van der Waals surface area contributed by atoms with Gasteiger partial charge in [0.15, 0.2) is 0 Å². The Hall–Kier alpha value is -6.27. The van der Waals surface area contributed by atoms with Gasteiger partial charge in [-0.25, -0.2) is 14.4 Å². The topological polar surface area (TPSA) is 297 Å². The van der Waals surface area contributed by atoms with E-state index in [1.807, 2.05) is 11.8 Å². The van der Waals surface area contributed by atoms with Crippen molar-refractivity contribution in [3.05, 3.63) is 0 Å². The number of ketones is 3. The predicted molar refractivity (Wildman–Crippen MR) is 310 cm³/mol. The number of imide groups is 2. The number of piperidine rings is 3. The number of hydrogen-bond donors (Lipinski definition) is 3. The third-order valence-corrected chi connectivity index (χ3v) is 19.0. The monoisotopic (exact) mass is 1190 g/mol. The number of carbonyl (C=O) groups is 11. The van der Waals surface area contributed by atoms with Crippen molar-refractivity contribution in [1.29, 1.82) is 0 Å². The fourth-order valence-corrected chi connectivity index (χ4v) is 13.9. The van der Waals surface area contributed by atoms with Crippen LogP contribution in [0.15, 0.2) is 0 Å². The maximum Gasteiger partial charge on any atom is 0.333 e. The van der Waals surface area contributed by atoms with E-state index in [2.05, 4.69) is 30.7 Å². The van der Waals surface area contributed by atoms with Crippen molar-refractivity contribution >= 4 is 94.5 Å². The number of Topliss-reactive ketones (excluding diaryl/α,β-unsaturated/α-hetero) is 3. The summed E-state index contributed by atoms with van der Waals surface area (Å²) < 4.78 is 0. The van der Waals surface area contributed by atoms with E-state index in [0.29, 0.717) is 175 Å². The summed E-state index contributed by atoms with van der Waals surface area (Å²) in [7, 11) is 0. The molecule has 8 rings (SSSR count). The first-order valence-corrected chi connectivity index (χ1v) is 32.4. The van der Waals surface area contributed by atoms with Crippen LogP contribution in [0.4, 0.5) is 22.6 Å². The molecule has 24 nitrogen and oxygen atoms in total. The number of fused-ring (bicyclic) bond motifs is 1. The first kappa shape index (κ1) is 63.7.